The van der Waals surface area contributed by atoms with Crippen molar-refractivity contribution in [3.8, 4) is 0 Å². The van der Waals surface area contributed by atoms with Gasteiger partial charge in [0.05, 0.1) is 25.4 Å². The number of carbonyl (C=O) groups excluding carboxylic acids is 1. The van der Waals surface area contributed by atoms with Crippen LogP contribution in [-0.4, -0.2) is 54.8 Å². The number of aliphatic hydroxyl groups excluding tert-OH is 1. The highest BCUT2D eigenvalue weighted by molar-refractivity contribution is 7.10. The number of thiophene rings is 1. The van der Waals surface area contributed by atoms with Gasteiger partial charge in [-0.2, -0.15) is 0 Å². The molecular weight excluding hydrogens is 372 g/mol. The number of aliphatic hydroxyl groups is 1. The van der Waals surface area contributed by atoms with E-state index in [0.717, 1.165) is 30.8 Å². The van der Waals surface area contributed by atoms with Gasteiger partial charge in [-0.15, -0.1) is 23.7 Å². The minimum Gasteiger partial charge on any atom is -0.387 e. The van der Waals surface area contributed by atoms with Crippen LogP contribution >= 0.6 is 23.7 Å². The summed E-state index contributed by atoms with van der Waals surface area (Å²) in [5.41, 5.74) is 0. The summed E-state index contributed by atoms with van der Waals surface area (Å²) in [6, 6.07) is 3.87. The van der Waals surface area contributed by atoms with E-state index < -0.39 is 6.10 Å². The SMILES string of the molecule is CC(CC(=O)N1CCOCC1CC(O)c1cccs1)C1CCNCC1.Cl. The second-order valence-electron chi connectivity index (χ2n) is 7.35. The molecule has 1 amide bonds. The predicted molar refractivity (Wildman–Crippen MR) is 107 cm³/mol. The van der Waals surface area contributed by atoms with Gasteiger partial charge in [-0.05, 0) is 49.2 Å². The highest BCUT2D eigenvalue weighted by Crippen LogP contribution is 2.28. The molecule has 2 fully saturated rings. The lowest BCUT2D eigenvalue weighted by atomic mass is 9.83. The Morgan fingerprint density at radius 2 is 2.23 bits per heavy atom. The van der Waals surface area contributed by atoms with Gasteiger partial charge in [-0.1, -0.05) is 13.0 Å². The van der Waals surface area contributed by atoms with Gasteiger partial charge >= 0.3 is 0 Å². The first-order chi connectivity index (χ1) is 12.1. The Kier molecular flexibility index (Phi) is 8.84. The van der Waals surface area contributed by atoms with Crippen LogP contribution in [0, 0.1) is 11.8 Å². The maximum absolute atomic E-state index is 12.9. The Morgan fingerprint density at radius 1 is 1.46 bits per heavy atom. The van der Waals surface area contributed by atoms with Crippen molar-refractivity contribution in [1.82, 2.24) is 10.2 Å². The molecule has 0 saturated carbocycles. The van der Waals surface area contributed by atoms with Crippen molar-refractivity contribution >= 4 is 29.7 Å². The fourth-order valence-corrected chi connectivity index (χ4v) is 4.73. The molecule has 0 aromatic carbocycles. The molecule has 0 bridgehead atoms. The molecule has 2 N–H and O–H groups in total. The minimum absolute atomic E-state index is 0. The molecule has 2 saturated heterocycles. The summed E-state index contributed by atoms with van der Waals surface area (Å²) in [5, 5.41) is 15.8. The quantitative estimate of drug-likeness (QED) is 0.768. The lowest BCUT2D eigenvalue weighted by molar-refractivity contribution is -0.142. The van der Waals surface area contributed by atoms with E-state index in [2.05, 4.69) is 12.2 Å². The molecule has 3 atom stereocenters. The van der Waals surface area contributed by atoms with E-state index in [4.69, 9.17) is 4.74 Å². The van der Waals surface area contributed by atoms with Crippen LogP contribution in [0.5, 0.6) is 0 Å². The lowest BCUT2D eigenvalue weighted by Crippen LogP contribution is -2.49. The van der Waals surface area contributed by atoms with Crippen LogP contribution in [0.25, 0.3) is 0 Å². The van der Waals surface area contributed by atoms with Crippen LogP contribution in [0.3, 0.4) is 0 Å². The van der Waals surface area contributed by atoms with E-state index in [1.54, 1.807) is 11.3 Å². The molecule has 3 heterocycles. The van der Waals surface area contributed by atoms with Gasteiger partial charge in [0, 0.05) is 24.3 Å². The van der Waals surface area contributed by atoms with Gasteiger partial charge in [0.1, 0.15) is 0 Å². The van der Waals surface area contributed by atoms with Crippen molar-refractivity contribution in [1.29, 1.82) is 0 Å². The van der Waals surface area contributed by atoms with Crippen LogP contribution in [0.4, 0.5) is 0 Å². The molecule has 3 rings (SSSR count). The summed E-state index contributed by atoms with van der Waals surface area (Å²) in [6.45, 7) is 6.10. The molecule has 0 aliphatic carbocycles. The molecule has 5 nitrogen and oxygen atoms in total. The molecule has 0 radical (unpaired) electrons. The zero-order valence-corrected chi connectivity index (χ0v) is 17.1. The van der Waals surface area contributed by atoms with E-state index in [-0.39, 0.29) is 24.4 Å². The van der Waals surface area contributed by atoms with E-state index in [1.165, 1.54) is 0 Å². The zero-order chi connectivity index (χ0) is 17.6. The summed E-state index contributed by atoms with van der Waals surface area (Å²) in [4.78, 5) is 15.8. The number of piperidine rings is 1. The maximum atomic E-state index is 12.9. The molecule has 7 heteroatoms. The first-order valence-electron chi connectivity index (χ1n) is 9.44. The number of hydrogen-bond acceptors (Lipinski definition) is 5. The number of nitrogens with zero attached hydrogens (tertiary/aromatic N) is 1. The van der Waals surface area contributed by atoms with Crippen molar-refractivity contribution in [3.05, 3.63) is 22.4 Å². The predicted octanol–water partition coefficient (Wildman–Crippen LogP) is 2.85. The molecule has 148 valence electrons. The van der Waals surface area contributed by atoms with E-state index >= 15 is 0 Å². The summed E-state index contributed by atoms with van der Waals surface area (Å²) in [6.07, 6.45) is 2.96. The summed E-state index contributed by atoms with van der Waals surface area (Å²) in [7, 11) is 0. The number of ether oxygens (including phenoxy) is 1. The molecule has 26 heavy (non-hydrogen) atoms. The minimum atomic E-state index is -0.524. The normalized spacial score (nSPS) is 23.9. The number of carbonyl (C=O) groups is 1. The number of halogens is 1. The van der Waals surface area contributed by atoms with Crippen molar-refractivity contribution in [2.24, 2.45) is 11.8 Å². The highest BCUT2D eigenvalue weighted by atomic mass is 35.5. The third-order valence-electron chi connectivity index (χ3n) is 5.60. The first kappa shape index (κ1) is 21.6. The monoisotopic (exact) mass is 402 g/mol. The van der Waals surface area contributed by atoms with Crippen molar-refractivity contribution in [2.45, 2.75) is 44.8 Å². The van der Waals surface area contributed by atoms with Crippen molar-refractivity contribution in [2.75, 3.05) is 32.8 Å². The van der Waals surface area contributed by atoms with Gasteiger partial charge in [-0.25, -0.2) is 0 Å². The third-order valence-corrected chi connectivity index (χ3v) is 6.57. The second-order valence-corrected chi connectivity index (χ2v) is 8.33. The van der Waals surface area contributed by atoms with Crippen LogP contribution in [-0.2, 0) is 9.53 Å². The Bertz CT molecular complexity index is 537. The maximum Gasteiger partial charge on any atom is 0.223 e. The molecule has 0 spiro atoms. The number of rotatable bonds is 6. The average molecular weight is 403 g/mol. The van der Waals surface area contributed by atoms with E-state index in [1.807, 2.05) is 22.4 Å². The molecule has 2 aliphatic heterocycles. The van der Waals surface area contributed by atoms with Gasteiger partial charge in [-0.3, -0.25) is 4.79 Å². The van der Waals surface area contributed by atoms with Crippen LogP contribution < -0.4 is 5.32 Å². The van der Waals surface area contributed by atoms with Crippen LogP contribution in [0.15, 0.2) is 17.5 Å². The number of morpholine rings is 1. The van der Waals surface area contributed by atoms with Crippen molar-refractivity contribution < 1.29 is 14.6 Å². The second kappa shape index (κ2) is 10.6. The first-order valence-corrected chi connectivity index (χ1v) is 10.3. The van der Waals surface area contributed by atoms with Gasteiger partial charge in [0.2, 0.25) is 5.91 Å². The Labute approximate surface area is 166 Å². The number of nitrogens with one attached hydrogen (secondary N) is 1. The largest absolute Gasteiger partial charge is 0.387 e. The number of amides is 1. The fourth-order valence-electron chi connectivity index (χ4n) is 4.01. The molecule has 1 aromatic heterocycles. The molecular formula is C19H31ClN2O3S. The Balaban J connectivity index is 0.00000243. The average Bonchev–Trinajstić information content (AvgIpc) is 3.17. The highest BCUT2D eigenvalue weighted by Gasteiger charge is 2.31. The van der Waals surface area contributed by atoms with Gasteiger partial charge < -0.3 is 20.1 Å². The summed E-state index contributed by atoms with van der Waals surface area (Å²) in [5.74, 6) is 1.28. The van der Waals surface area contributed by atoms with E-state index in [9.17, 15) is 9.90 Å². The summed E-state index contributed by atoms with van der Waals surface area (Å²) >= 11 is 1.56. The van der Waals surface area contributed by atoms with Crippen molar-refractivity contribution in [3.63, 3.8) is 0 Å². The molecule has 2 aliphatic rings. The fraction of sp³-hybridized carbons (Fsp3) is 0.737. The summed E-state index contributed by atoms with van der Waals surface area (Å²) < 4.78 is 5.59. The van der Waals surface area contributed by atoms with Crippen LogP contribution in [0.1, 0.15) is 43.6 Å². The topological polar surface area (TPSA) is 61.8 Å². The molecule has 1 aromatic rings. The lowest BCUT2D eigenvalue weighted by Gasteiger charge is -2.38. The Hall–Kier alpha value is -0.660. The zero-order valence-electron chi connectivity index (χ0n) is 15.4. The van der Waals surface area contributed by atoms with Gasteiger partial charge in [0.15, 0.2) is 0 Å². The van der Waals surface area contributed by atoms with Crippen LogP contribution in [0.2, 0.25) is 0 Å². The number of hydrogen-bond donors (Lipinski definition) is 2. The van der Waals surface area contributed by atoms with E-state index in [0.29, 0.717) is 44.4 Å². The Morgan fingerprint density at radius 3 is 2.92 bits per heavy atom. The van der Waals surface area contributed by atoms with Gasteiger partial charge in [0.25, 0.3) is 0 Å². The molecule has 3 unspecified atom stereocenters. The standard InChI is InChI=1S/C19H30N2O3S.ClH/c1-14(15-4-6-20-7-5-15)11-19(23)21-8-9-24-13-16(21)12-17(22)18-3-2-10-25-18;/h2-3,10,14-17,20,22H,4-9,11-13H2,1H3;1H. The smallest absolute Gasteiger partial charge is 0.223 e. The third kappa shape index (κ3) is 5.67.